The Morgan fingerprint density at radius 3 is 2.17 bits per heavy atom. The molecule has 1 N–H and O–H groups in total. The van der Waals surface area contributed by atoms with Crippen molar-refractivity contribution < 1.29 is 0 Å². The van der Waals surface area contributed by atoms with Gasteiger partial charge in [-0.05, 0) is 50.8 Å². The van der Waals surface area contributed by atoms with Crippen LogP contribution in [0.2, 0.25) is 0 Å². The Morgan fingerprint density at radius 2 is 1.44 bits per heavy atom. The summed E-state index contributed by atoms with van der Waals surface area (Å²) in [5.41, 5.74) is 1.47. The highest BCUT2D eigenvalue weighted by Crippen LogP contribution is 2.04. The molecule has 0 aromatic heterocycles. The third kappa shape index (κ3) is 8.71. The van der Waals surface area contributed by atoms with Gasteiger partial charge in [0.25, 0.3) is 0 Å². The lowest BCUT2D eigenvalue weighted by molar-refractivity contribution is 0.576. The first-order chi connectivity index (χ1) is 8.93. The number of aryl methyl sites for hydroxylation is 1. The van der Waals surface area contributed by atoms with Crippen LogP contribution in [-0.4, -0.2) is 18.4 Å². The summed E-state index contributed by atoms with van der Waals surface area (Å²) < 4.78 is 0. The van der Waals surface area contributed by atoms with Crippen LogP contribution >= 0.6 is 15.9 Å². The second-order valence-electron chi connectivity index (χ2n) is 4.80. The van der Waals surface area contributed by atoms with Gasteiger partial charge in [0.2, 0.25) is 0 Å². The van der Waals surface area contributed by atoms with E-state index in [4.69, 9.17) is 0 Å². The average Bonchev–Trinajstić information content (AvgIpc) is 2.42. The van der Waals surface area contributed by atoms with Gasteiger partial charge >= 0.3 is 0 Å². The molecule has 0 aliphatic rings. The second-order valence-corrected chi connectivity index (χ2v) is 5.59. The number of hydrogen-bond donors (Lipinski definition) is 1. The molecule has 0 spiro atoms. The van der Waals surface area contributed by atoms with Crippen molar-refractivity contribution in [1.29, 1.82) is 0 Å². The van der Waals surface area contributed by atoms with Crippen LogP contribution in [-0.2, 0) is 6.42 Å². The normalized spacial score (nSPS) is 10.7. The second kappa shape index (κ2) is 11.7. The Bertz CT molecular complexity index is 274. The van der Waals surface area contributed by atoms with E-state index in [1.807, 2.05) is 0 Å². The molecule has 0 saturated carbocycles. The Labute approximate surface area is 120 Å². The van der Waals surface area contributed by atoms with Crippen LogP contribution in [0.3, 0.4) is 0 Å². The van der Waals surface area contributed by atoms with E-state index in [2.05, 4.69) is 51.6 Å². The number of nitrogens with one attached hydrogen (secondary N) is 1. The van der Waals surface area contributed by atoms with E-state index in [-0.39, 0.29) is 0 Å². The predicted octanol–water partition coefficient (Wildman–Crippen LogP) is 4.55. The molecule has 2 heteroatoms. The number of hydrogen-bond acceptors (Lipinski definition) is 1. The minimum atomic E-state index is 1.15. The Kier molecular flexibility index (Phi) is 10.2. The summed E-state index contributed by atoms with van der Waals surface area (Å²) in [6.45, 7) is 2.36. The average molecular weight is 312 g/mol. The highest BCUT2D eigenvalue weighted by Gasteiger charge is 1.93. The first-order valence-electron chi connectivity index (χ1n) is 7.24. The van der Waals surface area contributed by atoms with Gasteiger partial charge < -0.3 is 5.32 Å². The van der Waals surface area contributed by atoms with Crippen molar-refractivity contribution in [3.8, 4) is 0 Å². The van der Waals surface area contributed by atoms with Gasteiger partial charge in [0.05, 0.1) is 0 Å². The molecular weight excluding hydrogens is 286 g/mol. The lowest BCUT2D eigenvalue weighted by atomic mass is 10.1. The van der Waals surface area contributed by atoms with Crippen LogP contribution in [0, 0.1) is 0 Å². The van der Waals surface area contributed by atoms with Crippen LogP contribution in [0.1, 0.15) is 44.1 Å². The van der Waals surface area contributed by atoms with Crippen LogP contribution in [0.5, 0.6) is 0 Å². The molecule has 1 aromatic rings. The van der Waals surface area contributed by atoms with Crippen LogP contribution in [0.15, 0.2) is 30.3 Å². The number of halogens is 1. The molecule has 1 aromatic carbocycles. The summed E-state index contributed by atoms with van der Waals surface area (Å²) >= 11 is 3.46. The number of benzene rings is 1. The van der Waals surface area contributed by atoms with E-state index in [1.54, 1.807) is 0 Å². The van der Waals surface area contributed by atoms with Crippen molar-refractivity contribution in [3.63, 3.8) is 0 Å². The molecule has 0 heterocycles. The van der Waals surface area contributed by atoms with Crippen LogP contribution in [0.25, 0.3) is 0 Å². The largest absolute Gasteiger partial charge is 0.317 e. The van der Waals surface area contributed by atoms with Gasteiger partial charge in [-0.2, -0.15) is 0 Å². The Balaban J connectivity index is 1.82. The Hall–Kier alpha value is -0.340. The van der Waals surface area contributed by atoms with Gasteiger partial charge in [-0.25, -0.2) is 0 Å². The van der Waals surface area contributed by atoms with E-state index in [0.717, 1.165) is 5.33 Å². The molecule has 1 rings (SSSR count). The lowest BCUT2D eigenvalue weighted by Gasteiger charge is -2.05. The molecule has 0 aliphatic carbocycles. The summed E-state index contributed by atoms with van der Waals surface area (Å²) in [4.78, 5) is 0. The van der Waals surface area contributed by atoms with E-state index in [9.17, 15) is 0 Å². The molecule has 0 aliphatic heterocycles. The fourth-order valence-electron chi connectivity index (χ4n) is 2.05. The molecule has 0 unspecified atom stereocenters. The Morgan fingerprint density at radius 1 is 0.778 bits per heavy atom. The monoisotopic (exact) mass is 311 g/mol. The van der Waals surface area contributed by atoms with Crippen LogP contribution in [0.4, 0.5) is 0 Å². The molecule has 102 valence electrons. The minimum absolute atomic E-state index is 1.15. The summed E-state index contributed by atoms with van der Waals surface area (Å²) in [7, 11) is 0. The maximum Gasteiger partial charge on any atom is 0.00313 e. The standard InChI is InChI=1S/C16H26BrN/c17-13-7-1-2-8-14-18-15-9-6-12-16-10-4-3-5-11-16/h3-5,10-11,18H,1-2,6-9,12-15H2. The zero-order chi connectivity index (χ0) is 12.9. The van der Waals surface area contributed by atoms with E-state index in [1.165, 1.54) is 63.6 Å². The van der Waals surface area contributed by atoms with Crippen molar-refractivity contribution >= 4 is 15.9 Å². The van der Waals surface area contributed by atoms with Gasteiger partial charge in [-0.1, -0.05) is 59.1 Å². The lowest BCUT2D eigenvalue weighted by Crippen LogP contribution is -2.16. The number of alkyl halides is 1. The van der Waals surface area contributed by atoms with Gasteiger partial charge in [-0.3, -0.25) is 0 Å². The third-order valence-electron chi connectivity index (χ3n) is 3.15. The number of unbranched alkanes of at least 4 members (excludes halogenated alkanes) is 4. The summed E-state index contributed by atoms with van der Waals surface area (Å²) in [6.07, 6.45) is 9.16. The summed E-state index contributed by atoms with van der Waals surface area (Å²) in [5.74, 6) is 0. The zero-order valence-electron chi connectivity index (χ0n) is 11.3. The van der Waals surface area contributed by atoms with Crippen molar-refractivity contribution in [2.24, 2.45) is 0 Å². The van der Waals surface area contributed by atoms with E-state index < -0.39 is 0 Å². The van der Waals surface area contributed by atoms with Gasteiger partial charge in [0.1, 0.15) is 0 Å². The first kappa shape index (κ1) is 15.7. The molecule has 1 nitrogen and oxygen atoms in total. The molecule has 18 heavy (non-hydrogen) atoms. The molecule has 0 fully saturated rings. The summed E-state index contributed by atoms with van der Waals surface area (Å²) in [6, 6.07) is 10.8. The zero-order valence-corrected chi connectivity index (χ0v) is 12.9. The minimum Gasteiger partial charge on any atom is -0.317 e. The fourth-order valence-corrected chi connectivity index (χ4v) is 2.44. The first-order valence-corrected chi connectivity index (χ1v) is 8.36. The highest BCUT2D eigenvalue weighted by molar-refractivity contribution is 9.09. The molecule has 0 radical (unpaired) electrons. The topological polar surface area (TPSA) is 12.0 Å². The maximum absolute atomic E-state index is 3.54. The van der Waals surface area contributed by atoms with E-state index in [0.29, 0.717) is 0 Å². The van der Waals surface area contributed by atoms with Crippen molar-refractivity contribution in [2.45, 2.75) is 44.9 Å². The number of rotatable bonds is 11. The van der Waals surface area contributed by atoms with Gasteiger partial charge in [0, 0.05) is 5.33 Å². The molecule has 0 bridgehead atoms. The smallest absolute Gasteiger partial charge is 0.00313 e. The van der Waals surface area contributed by atoms with Crippen molar-refractivity contribution in [1.82, 2.24) is 5.32 Å². The molecule has 0 saturated heterocycles. The summed E-state index contributed by atoms with van der Waals surface area (Å²) in [5, 5.41) is 4.69. The molecular formula is C16H26BrN. The predicted molar refractivity (Wildman–Crippen MR) is 84.5 cm³/mol. The van der Waals surface area contributed by atoms with Crippen molar-refractivity contribution in [2.75, 3.05) is 18.4 Å². The highest BCUT2D eigenvalue weighted by atomic mass is 79.9. The maximum atomic E-state index is 3.54. The fraction of sp³-hybridized carbons (Fsp3) is 0.625. The van der Waals surface area contributed by atoms with Crippen molar-refractivity contribution in [3.05, 3.63) is 35.9 Å². The quantitative estimate of drug-likeness (QED) is 0.467. The van der Waals surface area contributed by atoms with Gasteiger partial charge in [0.15, 0.2) is 0 Å². The third-order valence-corrected chi connectivity index (χ3v) is 3.71. The molecule has 0 atom stereocenters. The van der Waals surface area contributed by atoms with E-state index >= 15 is 0 Å². The van der Waals surface area contributed by atoms with Crippen LogP contribution < -0.4 is 5.32 Å². The molecule has 0 amide bonds. The van der Waals surface area contributed by atoms with Gasteiger partial charge in [-0.15, -0.1) is 0 Å². The SMILES string of the molecule is BrCCCCCCNCCCCc1ccccc1.